The number of rotatable bonds is 7. The molecule has 1 aliphatic carbocycles. The number of benzene rings is 1. The van der Waals surface area contributed by atoms with Crippen LogP contribution in [-0.4, -0.2) is 34.9 Å². The van der Waals surface area contributed by atoms with Crippen LogP contribution in [-0.2, 0) is 19.1 Å². The third kappa shape index (κ3) is 5.26. The molecule has 28 heavy (non-hydrogen) atoms. The van der Waals surface area contributed by atoms with Crippen molar-refractivity contribution in [2.24, 2.45) is 0 Å². The largest absolute Gasteiger partial charge is 0.449 e. The Balaban J connectivity index is 1.62. The van der Waals surface area contributed by atoms with E-state index in [9.17, 15) is 14.4 Å². The van der Waals surface area contributed by atoms with Crippen LogP contribution in [0.25, 0.3) is 6.08 Å². The number of anilines is 2. The minimum absolute atomic E-state index is 0.161. The van der Waals surface area contributed by atoms with Gasteiger partial charge in [0.25, 0.3) is 5.91 Å². The highest BCUT2D eigenvalue weighted by Gasteiger charge is 2.26. The quantitative estimate of drug-likeness (QED) is 0.571. The molecule has 0 unspecified atom stereocenters. The highest BCUT2D eigenvalue weighted by molar-refractivity contribution is 7.14. The second-order valence-electron chi connectivity index (χ2n) is 6.44. The molecule has 0 radical (unpaired) electrons. The first-order valence-corrected chi connectivity index (χ1v) is 9.82. The first-order chi connectivity index (χ1) is 13.4. The molecule has 8 heteroatoms. The van der Waals surface area contributed by atoms with Crippen molar-refractivity contribution in [3.05, 3.63) is 47.5 Å². The van der Waals surface area contributed by atoms with Gasteiger partial charge in [0.15, 0.2) is 11.2 Å². The van der Waals surface area contributed by atoms with Crippen LogP contribution in [0.2, 0.25) is 0 Å². The Kier molecular flexibility index (Phi) is 6.20. The van der Waals surface area contributed by atoms with Gasteiger partial charge in [-0.25, -0.2) is 9.78 Å². The number of nitrogens with one attached hydrogen (secondary N) is 1. The van der Waals surface area contributed by atoms with E-state index >= 15 is 0 Å². The first kappa shape index (κ1) is 19.8. The third-order valence-electron chi connectivity index (χ3n) is 4.01. The number of hydrogen-bond donors (Lipinski definition) is 1. The Labute approximate surface area is 167 Å². The van der Waals surface area contributed by atoms with Gasteiger partial charge in [-0.05, 0) is 38.0 Å². The fourth-order valence-corrected chi connectivity index (χ4v) is 3.28. The molecule has 0 saturated heterocycles. The number of hydrogen-bond acceptors (Lipinski definition) is 6. The molecule has 0 bridgehead atoms. The zero-order chi connectivity index (χ0) is 20.1. The molecule has 1 atom stereocenters. The van der Waals surface area contributed by atoms with E-state index in [2.05, 4.69) is 10.3 Å². The van der Waals surface area contributed by atoms with Gasteiger partial charge in [-0.2, -0.15) is 0 Å². The minimum atomic E-state index is -0.852. The molecule has 1 aromatic heterocycles. The number of amides is 2. The van der Waals surface area contributed by atoms with Crippen LogP contribution in [0.5, 0.6) is 0 Å². The molecule has 2 aromatic rings. The molecule has 3 rings (SSSR count). The zero-order valence-electron chi connectivity index (χ0n) is 15.6. The molecule has 7 nitrogen and oxygen atoms in total. The van der Waals surface area contributed by atoms with E-state index in [0.717, 1.165) is 18.5 Å². The molecule has 0 aliphatic heterocycles. The van der Waals surface area contributed by atoms with Gasteiger partial charge in [-0.15, -0.1) is 11.3 Å². The number of esters is 1. The topological polar surface area (TPSA) is 88.6 Å². The molecule has 0 spiro atoms. The standard InChI is InChI=1S/C20H21N3O4S/c1-13(19(26)21-15-8-9-15)27-18(25)11-10-16-12-28-20(22-16)23(14(2)24)17-6-4-3-5-7-17/h3-7,10-13,15H,8-9H2,1-2H3,(H,21,26)/b11-10+/t13-/m1/s1. The van der Waals surface area contributed by atoms with Crippen molar-refractivity contribution in [3.63, 3.8) is 0 Å². The number of carbonyl (C=O) groups is 3. The summed E-state index contributed by atoms with van der Waals surface area (Å²) >= 11 is 1.29. The van der Waals surface area contributed by atoms with Crippen LogP contribution in [0.1, 0.15) is 32.4 Å². The molecule has 1 saturated carbocycles. The SMILES string of the molecule is CC(=O)N(c1ccccc1)c1nc(/C=C/C(=O)O[C@H](C)C(=O)NC2CC2)cs1. The van der Waals surface area contributed by atoms with Crippen molar-refractivity contribution in [2.75, 3.05) is 4.90 Å². The van der Waals surface area contributed by atoms with Gasteiger partial charge in [-0.1, -0.05) is 18.2 Å². The van der Waals surface area contributed by atoms with Crippen LogP contribution >= 0.6 is 11.3 Å². The summed E-state index contributed by atoms with van der Waals surface area (Å²) in [6.45, 7) is 3.00. The molecule has 1 N–H and O–H groups in total. The van der Waals surface area contributed by atoms with Gasteiger partial charge in [-0.3, -0.25) is 14.5 Å². The van der Waals surface area contributed by atoms with E-state index in [0.29, 0.717) is 10.8 Å². The second kappa shape index (κ2) is 8.79. The minimum Gasteiger partial charge on any atom is -0.449 e. The van der Waals surface area contributed by atoms with Crippen molar-refractivity contribution >= 4 is 46.0 Å². The van der Waals surface area contributed by atoms with Gasteiger partial charge in [0.2, 0.25) is 5.91 Å². The molecular weight excluding hydrogens is 378 g/mol. The summed E-state index contributed by atoms with van der Waals surface area (Å²) < 4.78 is 5.10. The van der Waals surface area contributed by atoms with Crippen molar-refractivity contribution in [2.45, 2.75) is 38.8 Å². The monoisotopic (exact) mass is 399 g/mol. The zero-order valence-corrected chi connectivity index (χ0v) is 16.4. The number of ether oxygens (including phenoxy) is 1. The van der Waals surface area contributed by atoms with Crippen molar-refractivity contribution in [3.8, 4) is 0 Å². The van der Waals surface area contributed by atoms with E-state index < -0.39 is 12.1 Å². The predicted octanol–water partition coefficient (Wildman–Crippen LogP) is 3.05. The highest BCUT2D eigenvalue weighted by atomic mass is 32.1. The molecule has 146 valence electrons. The lowest BCUT2D eigenvalue weighted by Crippen LogP contribution is -2.36. The number of aromatic nitrogens is 1. The maximum atomic E-state index is 12.0. The summed E-state index contributed by atoms with van der Waals surface area (Å²) in [6, 6.07) is 9.42. The predicted molar refractivity (Wildman–Crippen MR) is 107 cm³/mol. The smallest absolute Gasteiger partial charge is 0.331 e. The average molecular weight is 399 g/mol. The lowest BCUT2D eigenvalue weighted by molar-refractivity contribution is -0.150. The van der Waals surface area contributed by atoms with Gasteiger partial charge >= 0.3 is 5.97 Å². The molecule has 2 amide bonds. The maximum Gasteiger partial charge on any atom is 0.331 e. The Morgan fingerprint density at radius 1 is 1.29 bits per heavy atom. The normalized spacial score (nSPS) is 14.5. The lowest BCUT2D eigenvalue weighted by Gasteiger charge is -2.17. The summed E-state index contributed by atoms with van der Waals surface area (Å²) in [5.74, 6) is -1.08. The summed E-state index contributed by atoms with van der Waals surface area (Å²) in [6.07, 6.45) is 3.81. The van der Waals surface area contributed by atoms with E-state index in [4.69, 9.17) is 4.74 Å². The second-order valence-corrected chi connectivity index (χ2v) is 7.28. The van der Waals surface area contributed by atoms with Crippen LogP contribution < -0.4 is 10.2 Å². The molecule has 1 aliphatic rings. The van der Waals surface area contributed by atoms with E-state index in [1.807, 2.05) is 30.3 Å². The van der Waals surface area contributed by atoms with Crippen molar-refractivity contribution in [1.82, 2.24) is 10.3 Å². The Morgan fingerprint density at radius 2 is 2.00 bits per heavy atom. The summed E-state index contributed by atoms with van der Waals surface area (Å²) in [5, 5.41) is 5.03. The fourth-order valence-electron chi connectivity index (χ4n) is 2.43. The fraction of sp³-hybridized carbons (Fsp3) is 0.300. The Bertz CT molecular complexity index is 890. The van der Waals surface area contributed by atoms with Crippen LogP contribution in [0.15, 0.2) is 41.8 Å². The summed E-state index contributed by atoms with van der Waals surface area (Å²) in [5.41, 5.74) is 1.24. The van der Waals surface area contributed by atoms with Gasteiger partial charge in [0.1, 0.15) is 0 Å². The third-order valence-corrected chi connectivity index (χ3v) is 4.85. The van der Waals surface area contributed by atoms with E-state index in [1.54, 1.807) is 5.38 Å². The molecule has 1 aromatic carbocycles. The highest BCUT2D eigenvalue weighted by Crippen LogP contribution is 2.29. The van der Waals surface area contributed by atoms with Crippen molar-refractivity contribution in [1.29, 1.82) is 0 Å². The maximum absolute atomic E-state index is 12.0. The van der Waals surface area contributed by atoms with Crippen LogP contribution in [0, 0.1) is 0 Å². The first-order valence-electron chi connectivity index (χ1n) is 8.94. The molecular formula is C20H21N3O4S. The number of para-hydroxylation sites is 1. The number of carbonyl (C=O) groups excluding carboxylic acids is 3. The Hall–Kier alpha value is -3.00. The van der Waals surface area contributed by atoms with Gasteiger partial charge < -0.3 is 10.1 Å². The molecule has 1 heterocycles. The van der Waals surface area contributed by atoms with Gasteiger partial charge in [0.05, 0.1) is 11.4 Å². The van der Waals surface area contributed by atoms with E-state index in [-0.39, 0.29) is 17.9 Å². The van der Waals surface area contributed by atoms with Crippen molar-refractivity contribution < 1.29 is 19.1 Å². The lowest BCUT2D eigenvalue weighted by atomic mass is 10.3. The van der Waals surface area contributed by atoms with Gasteiger partial charge in [0, 0.05) is 24.4 Å². The Morgan fingerprint density at radius 3 is 2.64 bits per heavy atom. The van der Waals surface area contributed by atoms with Crippen LogP contribution in [0.4, 0.5) is 10.8 Å². The van der Waals surface area contributed by atoms with E-state index in [1.165, 1.54) is 42.2 Å². The summed E-state index contributed by atoms with van der Waals surface area (Å²) in [7, 11) is 0. The number of thiazole rings is 1. The van der Waals surface area contributed by atoms with Crippen LogP contribution in [0.3, 0.4) is 0 Å². The average Bonchev–Trinajstić information content (AvgIpc) is 3.36. The number of nitrogens with zero attached hydrogens (tertiary/aromatic N) is 2. The molecule has 1 fully saturated rings. The summed E-state index contributed by atoms with van der Waals surface area (Å²) in [4.78, 5) is 41.7.